The first-order chi connectivity index (χ1) is 13.0. The quantitative estimate of drug-likeness (QED) is 0.679. The zero-order valence-corrected chi connectivity index (χ0v) is 15.2. The number of amides is 1. The van der Waals surface area contributed by atoms with Crippen molar-refractivity contribution in [1.29, 1.82) is 0 Å². The predicted octanol–water partition coefficient (Wildman–Crippen LogP) is 3.28. The van der Waals surface area contributed by atoms with Gasteiger partial charge in [-0.25, -0.2) is 4.39 Å². The smallest absolute Gasteiger partial charge is 0.307 e. The standard InChI is InChI=1S/C21H21FN2O3/c1-24-13-15(17-5-3-4-6-19(17)24)11-20(25)23-18(12-21(26)27-2)14-7-9-16(22)10-8-14/h3-10,13,18H,11-12H2,1-2H3,(H,23,25). The van der Waals surface area contributed by atoms with E-state index in [-0.39, 0.29) is 24.6 Å². The summed E-state index contributed by atoms with van der Waals surface area (Å²) in [6.07, 6.45) is 2.08. The third-order valence-corrected chi connectivity index (χ3v) is 4.54. The highest BCUT2D eigenvalue weighted by atomic mass is 19.1. The van der Waals surface area contributed by atoms with Crippen LogP contribution in [-0.4, -0.2) is 23.6 Å². The fourth-order valence-corrected chi connectivity index (χ4v) is 3.18. The molecule has 140 valence electrons. The number of nitrogens with zero attached hydrogens (tertiary/aromatic N) is 1. The van der Waals surface area contributed by atoms with Crippen LogP contribution in [0.1, 0.15) is 23.6 Å². The second-order valence-corrected chi connectivity index (χ2v) is 6.41. The molecule has 0 radical (unpaired) electrons. The monoisotopic (exact) mass is 368 g/mol. The number of carbonyl (C=O) groups is 2. The molecule has 0 spiro atoms. The Bertz CT molecular complexity index is 963. The molecule has 1 N–H and O–H groups in total. The summed E-state index contributed by atoms with van der Waals surface area (Å²) < 4.78 is 19.9. The van der Waals surface area contributed by atoms with Gasteiger partial charge in [0, 0.05) is 24.1 Å². The molecule has 1 amide bonds. The summed E-state index contributed by atoms with van der Waals surface area (Å²) >= 11 is 0. The van der Waals surface area contributed by atoms with Gasteiger partial charge in [0.1, 0.15) is 5.82 Å². The Balaban J connectivity index is 1.79. The molecule has 3 rings (SSSR count). The fourth-order valence-electron chi connectivity index (χ4n) is 3.18. The average Bonchev–Trinajstić information content (AvgIpc) is 2.97. The van der Waals surface area contributed by atoms with Gasteiger partial charge in [-0.1, -0.05) is 30.3 Å². The van der Waals surface area contributed by atoms with Crippen molar-refractivity contribution in [2.24, 2.45) is 7.05 Å². The zero-order valence-electron chi connectivity index (χ0n) is 15.2. The van der Waals surface area contributed by atoms with Crippen LogP contribution in [0, 0.1) is 5.82 Å². The van der Waals surface area contributed by atoms with Gasteiger partial charge in [-0.3, -0.25) is 9.59 Å². The van der Waals surface area contributed by atoms with E-state index in [0.717, 1.165) is 16.5 Å². The van der Waals surface area contributed by atoms with Gasteiger partial charge in [0.25, 0.3) is 0 Å². The van der Waals surface area contributed by atoms with Crippen molar-refractivity contribution >= 4 is 22.8 Å². The molecule has 1 unspecified atom stereocenters. The van der Waals surface area contributed by atoms with Gasteiger partial charge in [-0.05, 0) is 29.3 Å². The van der Waals surface area contributed by atoms with E-state index in [4.69, 9.17) is 4.74 Å². The van der Waals surface area contributed by atoms with Gasteiger partial charge in [0.15, 0.2) is 0 Å². The molecule has 1 aromatic heterocycles. The van der Waals surface area contributed by atoms with Crippen LogP contribution in [0.5, 0.6) is 0 Å². The van der Waals surface area contributed by atoms with Crippen molar-refractivity contribution < 1.29 is 18.7 Å². The van der Waals surface area contributed by atoms with E-state index in [1.807, 2.05) is 42.1 Å². The lowest BCUT2D eigenvalue weighted by Gasteiger charge is -2.18. The lowest BCUT2D eigenvalue weighted by molar-refractivity contribution is -0.141. The summed E-state index contributed by atoms with van der Waals surface area (Å²) in [6, 6.07) is 13.0. The second-order valence-electron chi connectivity index (χ2n) is 6.41. The Labute approximate surface area is 156 Å². The minimum Gasteiger partial charge on any atom is -0.469 e. The van der Waals surface area contributed by atoms with E-state index in [9.17, 15) is 14.0 Å². The van der Waals surface area contributed by atoms with Crippen LogP contribution in [0.15, 0.2) is 54.7 Å². The molecule has 0 saturated heterocycles. The number of ether oxygens (including phenoxy) is 1. The number of para-hydroxylation sites is 1. The molecule has 0 fully saturated rings. The number of benzene rings is 2. The number of hydrogen-bond acceptors (Lipinski definition) is 3. The molecular formula is C21H21FN2O3. The van der Waals surface area contributed by atoms with E-state index < -0.39 is 12.0 Å². The number of aryl methyl sites for hydroxylation is 1. The molecule has 27 heavy (non-hydrogen) atoms. The largest absolute Gasteiger partial charge is 0.469 e. The van der Waals surface area contributed by atoms with Gasteiger partial charge < -0.3 is 14.6 Å². The number of rotatable bonds is 6. The third kappa shape index (κ3) is 4.34. The Hall–Kier alpha value is -3.15. The van der Waals surface area contributed by atoms with E-state index in [0.29, 0.717) is 5.56 Å². The van der Waals surface area contributed by atoms with Gasteiger partial charge in [0.2, 0.25) is 5.91 Å². The van der Waals surface area contributed by atoms with Gasteiger partial charge in [-0.15, -0.1) is 0 Å². The first kappa shape index (κ1) is 18.6. The molecule has 1 atom stereocenters. The number of fused-ring (bicyclic) bond motifs is 1. The average molecular weight is 368 g/mol. The maximum atomic E-state index is 13.2. The van der Waals surface area contributed by atoms with E-state index >= 15 is 0 Å². The molecule has 3 aromatic rings. The van der Waals surface area contributed by atoms with Crippen molar-refractivity contribution in [2.45, 2.75) is 18.9 Å². The van der Waals surface area contributed by atoms with Crippen LogP contribution < -0.4 is 5.32 Å². The van der Waals surface area contributed by atoms with E-state index in [2.05, 4.69) is 5.32 Å². The van der Waals surface area contributed by atoms with Crippen molar-refractivity contribution in [3.05, 3.63) is 71.7 Å². The number of esters is 1. The zero-order chi connectivity index (χ0) is 19.4. The minimum atomic E-state index is -0.583. The summed E-state index contributed by atoms with van der Waals surface area (Å²) in [6.45, 7) is 0. The third-order valence-electron chi connectivity index (χ3n) is 4.54. The SMILES string of the molecule is COC(=O)CC(NC(=O)Cc1cn(C)c2ccccc12)c1ccc(F)cc1. The predicted molar refractivity (Wildman–Crippen MR) is 101 cm³/mol. The number of carbonyl (C=O) groups excluding carboxylic acids is 2. The van der Waals surface area contributed by atoms with Crippen molar-refractivity contribution in [3.63, 3.8) is 0 Å². The number of halogens is 1. The summed E-state index contributed by atoms with van der Waals surface area (Å²) in [5.41, 5.74) is 2.60. The molecular weight excluding hydrogens is 347 g/mol. The maximum absolute atomic E-state index is 13.2. The van der Waals surface area contributed by atoms with E-state index in [1.165, 1.54) is 19.2 Å². The fraction of sp³-hybridized carbons (Fsp3) is 0.238. The topological polar surface area (TPSA) is 60.3 Å². The van der Waals surface area contributed by atoms with Crippen LogP contribution in [-0.2, 0) is 27.8 Å². The normalized spacial score (nSPS) is 12.0. The molecule has 6 heteroatoms. The summed E-state index contributed by atoms with van der Waals surface area (Å²) in [4.78, 5) is 24.4. The minimum absolute atomic E-state index is 0.0244. The molecule has 1 heterocycles. The van der Waals surface area contributed by atoms with Gasteiger partial charge in [0.05, 0.1) is 26.0 Å². The highest BCUT2D eigenvalue weighted by molar-refractivity contribution is 5.89. The lowest BCUT2D eigenvalue weighted by Crippen LogP contribution is -2.31. The van der Waals surface area contributed by atoms with Crippen LogP contribution in [0.3, 0.4) is 0 Å². The van der Waals surface area contributed by atoms with Crippen LogP contribution in [0.25, 0.3) is 10.9 Å². The first-order valence-electron chi connectivity index (χ1n) is 8.62. The Morgan fingerprint density at radius 3 is 2.56 bits per heavy atom. The highest BCUT2D eigenvalue weighted by Gasteiger charge is 2.20. The summed E-state index contributed by atoms with van der Waals surface area (Å²) in [7, 11) is 3.23. The molecule has 0 saturated carbocycles. The van der Waals surface area contributed by atoms with Crippen LogP contribution in [0.4, 0.5) is 4.39 Å². The Kier molecular flexibility index (Phi) is 5.54. The number of nitrogens with one attached hydrogen (secondary N) is 1. The number of hydrogen-bond donors (Lipinski definition) is 1. The van der Waals surface area contributed by atoms with Crippen molar-refractivity contribution in [3.8, 4) is 0 Å². The molecule has 2 aromatic carbocycles. The van der Waals surface area contributed by atoms with Gasteiger partial charge in [-0.2, -0.15) is 0 Å². The second kappa shape index (κ2) is 8.03. The Morgan fingerprint density at radius 1 is 1.15 bits per heavy atom. The van der Waals surface area contributed by atoms with Crippen molar-refractivity contribution in [1.82, 2.24) is 9.88 Å². The van der Waals surface area contributed by atoms with Crippen LogP contribution in [0.2, 0.25) is 0 Å². The number of methoxy groups -OCH3 is 1. The molecule has 0 aliphatic carbocycles. The Morgan fingerprint density at radius 2 is 1.85 bits per heavy atom. The summed E-state index contributed by atoms with van der Waals surface area (Å²) in [5, 5.41) is 3.88. The highest BCUT2D eigenvalue weighted by Crippen LogP contribution is 2.22. The molecule has 0 bridgehead atoms. The van der Waals surface area contributed by atoms with Gasteiger partial charge >= 0.3 is 5.97 Å². The molecule has 5 nitrogen and oxygen atoms in total. The molecule has 0 aliphatic rings. The summed E-state index contributed by atoms with van der Waals surface area (Å²) in [5.74, 6) is -1.04. The molecule has 0 aliphatic heterocycles. The van der Waals surface area contributed by atoms with Crippen molar-refractivity contribution in [2.75, 3.05) is 7.11 Å². The number of aromatic nitrogens is 1. The van der Waals surface area contributed by atoms with E-state index in [1.54, 1.807) is 12.1 Å². The lowest BCUT2D eigenvalue weighted by atomic mass is 10.0. The van der Waals surface area contributed by atoms with Crippen LogP contribution >= 0.6 is 0 Å². The first-order valence-corrected chi connectivity index (χ1v) is 8.62. The maximum Gasteiger partial charge on any atom is 0.307 e.